The molecule has 0 unspecified atom stereocenters. The van der Waals surface area contributed by atoms with Crippen molar-refractivity contribution in [2.45, 2.75) is 6.61 Å². The molecular formula is C16H14N2O. The van der Waals surface area contributed by atoms with Gasteiger partial charge in [-0.05, 0) is 24.3 Å². The summed E-state index contributed by atoms with van der Waals surface area (Å²) in [6.45, 7) is 0.487. The Balaban J connectivity index is 1.78. The lowest BCUT2D eigenvalue weighted by molar-refractivity contribution is 0.306. The molecular weight excluding hydrogens is 236 g/mol. The highest BCUT2D eigenvalue weighted by atomic mass is 16.5. The van der Waals surface area contributed by atoms with E-state index in [4.69, 9.17) is 10.5 Å². The van der Waals surface area contributed by atoms with Gasteiger partial charge in [-0.25, -0.2) is 0 Å². The summed E-state index contributed by atoms with van der Waals surface area (Å²) in [6.07, 6.45) is 1.84. The highest BCUT2D eigenvalue weighted by Crippen LogP contribution is 2.17. The lowest BCUT2D eigenvalue weighted by Crippen LogP contribution is -1.97. The number of rotatable bonds is 3. The highest BCUT2D eigenvalue weighted by Gasteiger charge is 1.99. The van der Waals surface area contributed by atoms with Crippen LogP contribution in [0.15, 0.2) is 60.8 Å². The number of pyridine rings is 1. The maximum absolute atomic E-state index is 5.71. The Morgan fingerprint density at radius 3 is 2.79 bits per heavy atom. The Morgan fingerprint density at radius 2 is 1.89 bits per heavy atom. The molecule has 1 aromatic heterocycles. The molecule has 94 valence electrons. The molecule has 0 fully saturated rings. The minimum atomic E-state index is 0.487. The van der Waals surface area contributed by atoms with E-state index in [-0.39, 0.29) is 0 Å². The Bertz CT molecular complexity index is 710. The van der Waals surface area contributed by atoms with Crippen LogP contribution < -0.4 is 10.5 Å². The van der Waals surface area contributed by atoms with Gasteiger partial charge in [0.2, 0.25) is 0 Å². The van der Waals surface area contributed by atoms with Crippen molar-refractivity contribution in [1.82, 2.24) is 4.98 Å². The monoisotopic (exact) mass is 250 g/mol. The van der Waals surface area contributed by atoms with Gasteiger partial charge in [0.15, 0.2) is 0 Å². The van der Waals surface area contributed by atoms with Gasteiger partial charge in [-0.2, -0.15) is 0 Å². The number of aromatic nitrogens is 1. The van der Waals surface area contributed by atoms with Gasteiger partial charge in [-0.1, -0.05) is 24.3 Å². The van der Waals surface area contributed by atoms with Crippen molar-refractivity contribution in [3.8, 4) is 5.75 Å². The van der Waals surface area contributed by atoms with Crippen molar-refractivity contribution in [3.63, 3.8) is 0 Å². The molecule has 2 N–H and O–H groups in total. The van der Waals surface area contributed by atoms with Crippen LogP contribution in [-0.2, 0) is 6.61 Å². The number of fused-ring (bicyclic) bond motifs is 1. The predicted molar refractivity (Wildman–Crippen MR) is 76.9 cm³/mol. The highest BCUT2D eigenvalue weighted by molar-refractivity contribution is 5.78. The molecule has 3 heteroatoms. The van der Waals surface area contributed by atoms with Gasteiger partial charge < -0.3 is 10.5 Å². The van der Waals surface area contributed by atoms with Gasteiger partial charge in [0.25, 0.3) is 0 Å². The van der Waals surface area contributed by atoms with E-state index >= 15 is 0 Å². The van der Waals surface area contributed by atoms with Crippen LogP contribution in [0.4, 0.5) is 5.69 Å². The molecule has 0 saturated heterocycles. The molecule has 0 aliphatic rings. The Labute approximate surface area is 111 Å². The maximum Gasteiger partial charge on any atom is 0.121 e. The van der Waals surface area contributed by atoms with E-state index in [1.807, 2.05) is 54.7 Å². The Hall–Kier alpha value is -2.55. The number of nitrogen functional groups attached to an aromatic ring is 1. The topological polar surface area (TPSA) is 48.1 Å². The third-order valence-corrected chi connectivity index (χ3v) is 2.91. The standard InChI is InChI=1S/C16H14N2O/c17-14-5-3-6-15(9-14)19-11-12-8-13-4-1-2-7-16(13)18-10-12/h1-10H,11,17H2. The van der Waals surface area contributed by atoms with E-state index in [1.165, 1.54) is 0 Å². The molecule has 0 atom stereocenters. The van der Waals surface area contributed by atoms with E-state index < -0.39 is 0 Å². The molecule has 0 aliphatic carbocycles. The molecule has 1 heterocycles. The number of hydrogen-bond donors (Lipinski definition) is 1. The zero-order valence-electron chi connectivity index (χ0n) is 10.4. The summed E-state index contributed by atoms with van der Waals surface area (Å²) >= 11 is 0. The van der Waals surface area contributed by atoms with Crippen LogP contribution in [0.3, 0.4) is 0 Å². The van der Waals surface area contributed by atoms with Crippen molar-refractivity contribution < 1.29 is 4.74 Å². The summed E-state index contributed by atoms with van der Waals surface area (Å²) in [5.74, 6) is 0.771. The van der Waals surface area contributed by atoms with Crippen molar-refractivity contribution in [3.05, 3.63) is 66.4 Å². The van der Waals surface area contributed by atoms with Crippen LogP contribution >= 0.6 is 0 Å². The molecule has 19 heavy (non-hydrogen) atoms. The van der Waals surface area contributed by atoms with Gasteiger partial charge in [0.1, 0.15) is 12.4 Å². The van der Waals surface area contributed by atoms with Crippen molar-refractivity contribution in [2.75, 3.05) is 5.73 Å². The first-order valence-corrected chi connectivity index (χ1v) is 6.13. The van der Waals surface area contributed by atoms with Crippen LogP contribution in [0.25, 0.3) is 10.9 Å². The van der Waals surface area contributed by atoms with E-state index in [1.54, 1.807) is 0 Å². The molecule has 0 bridgehead atoms. The number of para-hydroxylation sites is 1. The first kappa shape index (κ1) is 11.5. The maximum atomic E-state index is 5.71. The van der Waals surface area contributed by atoms with Gasteiger partial charge in [-0.3, -0.25) is 4.98 Å². The molecule has 0 spiro atoms. The fourth-order valence-corrected chi connectivity index (χ4v) is 1.97. The van der Waals surface area contributed by atoms with Crippen molar-refractivity contribution in [2.24, 2.45) is 0 Å². The minimum absolute atomic E-state index is 0.487. The predicted octanol–water partition coefficient (Wildman–Crippen LogP) is 3.40. The van der Waals surface area contributed by atoms with E-state index in [9.17, 15) is 0 Å². The molecule has 0 aliphatic heterocycles. The molecule has 0 amide bonds. The number of anilines is 1. The smallest absolute Gasteiger partial charge is 0.121 e. The lowest BCUT2D eigenvalue weighted by atomic mass is 10.2. The fraction of sp³-hybridized carbons (Fsp3) is 0.0625. The van der Waals surface area contributed by atoms with Crippen molar-refractivity contribution in [1.29, 1.82) is 0 Å². The van der Waals surface area contributed by atoms with Crippen LogP contribution in [0.1, 0.15) is 5.56 Å². The van der Waals surface area contributed by atoms with Crippen LogP contribution in [0.2, 0.25) is 0 Å². The molecule has 0 radical (unpaired) electrons. The first-order chi connectivity index (χ1) is 9.31. The lowest BCUT2D eigenvalue weighted by Gasteiger charge is -2.07. The third-order valence-electron chi connectivity index (χ3n) is 2.91. The Kier molecular flexibility index (Phi) is 3.02. The van der Waals surface area contributed by atoms with Crippen LogP contribution in [0.5, 0.6) is 5.75 Å². The second-order valence-corrected chi connectivity index (χ2v) is 4.40. The number of benzene rings is 2. The average Bonchev–Trinajstić information content (AvgIpc) is 2.45. The largest absolute Gasteiger partial charge is 0.489 e. The fourth-order valence-electron chi connectivity index (χ4n) is 1.97. The molecule has 3 rings (SSSR count). The number of nitrogens with two attached hydrogens (primary N) is 1. The molecule has 2 aromatic carbocycles. The van der Waals surface area contributed by atoms with Crippen LogP contribution in [0, 0.1) is 0 Å². The van der Waals surface area contributed by atoms with Crippen molar-refractivity contribution >= 4 is 16.6 Å². The van der Waals surface area contributed by atoms with E-state index in [2.05, 4.69) is 11.1 Å². The summed E-state index contributed by atoms with van der Waals surface area (Å²) < 4.78 is 5.70. The summed E-state index contributed by atoms with van der Waals surface area (Å²) in [5, 5.41) is 1.12. The molecule has 0 saturated carbocycles. The number of hydrogen-bond acceptors (Lipinski definition) is 3. The summed E-state index contributed by atoms with van der Waals surface area (Å²) in [5.41, 5.74) is 8.45. The SMILES string of the molecule is Nc1cccc(OCc2cnc3ccccc3c2)c1. The zero-order chi connectivity index (χ0) is 13.1. The van der Waals surface area contributed by atoms with Gasteiger partial charge in [0.05, 0.1) is 5.52 Å². The Morgan fingerprint density at radius 1 is 1.00 bits per heavy atom. The normalized spacial score (nSPS) is 10.5. The second kappa shape index (κ2) is 4.98. The summed E-state index contributed by atoms with van der Waals surface area (Å²) in [4.78, 5) is 4.41. The van der Waals surface area contributed by atoms with Gasteiger partial charge in [0, 0.05) is 28.9 Å². The third kappa shape index (κ3) is 2.65. The quantitative estimate of drug-likeness (QED) is 0.725. The van der Waals surface area contributed by atoms with Gasteiger partial charge in [-0.15, -0.1) is 0 Å². The van der Waals surface area contributed by atoms with E-state index in [0.717, 1.165) is 22.2 Å². The molecule has 3 aromatic rings. The first-order valence-electron chi connectivity index (χ1n) is 6.13. The summed E-state index contributed by atoms with van der Waals surface area (Å²) in [6, 6.07) is 17.6. The minimum Gasteiger partial charge on any atom is -0.489 e. The number of ether oxygens (including phenoxy) is 1. The summed E-state index contributed by atoms with van der Waals surface area (Å²) in [7, 11) is 0. The molecule has 3 nitrogen and oxygen atoms in total. The number of nitrogens with zero attached hydrogens (tertiary/aromatic N) is 1. The second-order valence-electron chi connectivity index (χ2n) is 4.40. The van der Waals surface area contributed by atoms with Gasteiger partial charge >= 0.3 is 0 Å². The van der Waals surface area contributed by atoms with E-state index in [0.29, 0.717) is 12.3 Å². The van der Waals surface area contributed by atoms with Crippen LogP contribution in [-0.4, -0.2) is 4.98 Å². The zero-order valence-corrected chi connectivity index (χ0v) is 10.4. The average molecular weight is 250 g/mol.